The van der Waals surface area contributed by atoms with Crippen LogP contribution in [0.4, 0.5) is 4.79 Å². The Kier molecular flexibility index (Phi) is 6.44. The summed E-state index contributed by atoms with van der Waals surface area (Å²) in [5.74, 6) is -2.22. The third-order valence-corrected chi connectivity index (χ3v) is 3.09. The summed E-state index contributed by atoms with van der Waals surface area (Å²) in [6.07, 6.45) is 1.65. The van der Waals surface area contributed by atoms with E-state index in [1.54, 1.807) is 4.90 Å². The van der Waals surface area contributed by atoms with E-state index in [-0.39, 0.29) is 18.9 Å². The molecule has 1 aliphatic heterocycles. The summed E-state index contributed by atoms with van der Waals surface area (Å²) < 4.78 is 0. The Labute approximate surface area is 121 Å². The number of amides is 4. The first-order chi connectivity index (χ1) is 9.90. The number of nitrogens with one attached hydrogen (secondary N) is 2. The minimum atomic E-state index is -1.38. The average Bonchev–Trinajstić information content (AvgIpc) is 2.91. The number of likely N-dealkylation sites (tertiary alicyclic amines) is 1. The summed E-state index contributed by atoms with van der Waals surface area (Å²) in [5.41, 5.74) is 4.89. The number of primary amides is 1. The van der Waals surface area contributed by atoms with Crippen LogP contribution in [0.1, 0.15) is 25.7 Å². The predicted molar refractivity (Wildman–Crippen MR) is 72.2 cm³/mol. The third kappa shape index (κ3) is 6.11. The van der Waals surface area contributed by atoms with Crippen molar-refractivity contribution in [2.75, 3.05) is 19.6 Å². The standard InChI is InChI=1S/C12H20N4O5/c13-9(17)7-8(11(19)20)15-12(21)14-4-3-10(18)16-5-1-2-6-16/h8H,1-7H2,(H2,13,17)(H,19,20)(H2,14,15,21). The zero-order chi connectivity index (χ0) is 15.8. The summed E-state index contributed by atoms with van der Waals surface area (Å²) >= 11 is 0. The SMILES string of the molecule is NC(=O)CC(NC(=O)NCCC(=O)N1CCCC1)C(=O)O. The number of urea groups is 1. The summed E-state index contributed by atoms with van der Waals surface area (Å²) in [6, 6.07) is -2.13. The number of carbonyl (C=O) groups is 4. The lowest BCUT2D eigenvalue weighted by Crippen LogP contribution is -2.48. The number of nitrogens with zero attached hydrogens (tertiary/aromatic N) is 1. The average molecular weight is 300 g/mol. The van der Waals surface area contributed by atoms with Crippen molar-refractivity contribution in [3.8, 4) is 0 Å². The molecule has 1 rings (SSSR count). The molecule has 1 aliphatic rings. The van der Waals surface area contributed by atoms with Crippen LogP contribution in [-0.4, -0.2) is 59.5 Å². The third-order valence-electron chi connectivity index (χ3n) is 3.09. The molecule has 5 N–H and O–H groups in total. The lowest BCUT2D eigenvalue weighted by atomic mass is 10.2. The maximum atomic E-state index is 11.7. The molecule has 1 atom stereocenters. The molecule has 9 heteroatoms. The van der Waals surface area contributed by atoms with Gasteiger partial charge in [-0.05, 0) is 12.8 Å². The van der Waals surface area contributed by atoms with Crippen LogP contribution < -0.4 is 16.4 Å². The Hall–Kier alpha value is -2.32. The number of aliphatic carboxylic acids is 1. The van der Waals surface area contributed by atoms with Crippen molar-refractivity contribution in [3.05, 3.63) is 0 Å². The maximum absolute atomic E-state index is 11.7. The number of rotatable bonds is 7. The second kappa shape index (κ2) is 8.08. The van der Waals surface area contributed by atoms with Gasteiger partial charge in [0.2, 0.25) is 11.8 Å². The largest absolute Gasteiger partial charge is 0.480 e. The van der Waals surface area contributed by atoms with Crippen LogP contribution in [0, 0.1) is 0 Å². The fourth-order valence-corrected chi connectivity index (χ4v) is 2.02. The Morgan fingerprint density at radius 2 is 1.81 bits per heavy atom. The smallest absolute Gasteiger partial charge is 0.326 e. The van der Waals surface area contributed by atoms with Gasteiger partial charge in [-0.2, -0.15) is 0 Å². The van der Waals surface area contributed by atoms with E-state index in [0.717, 1.165) is 25.9 Å². The molecule has 21 heavy (non-hydrogen) atoms. The second-order valence-electron chi connectivity index (χ2n) is 4.80. The fourth-order valence-electron chi connectivity index (χ4n) is 2.02. The first kappa shape index (κ1) is 16.7. The molecular weight excluding hydrogens is 280 g/mol. The summed E-state index contributed by atoms with van der Waals surface area (Å²) in [7, 11) is 0. The Morgan fingerprint density at radius 1 is 1.19 bits per heavy atom. The number of carboxylic acids is 1. The molecule has 0 spiro atoms. The lowest BCUT2D eigenvalue weighted by Gasteiger charge is -2.16. The van der Waals surface area contributed by atoms with Gasteiger partial charge in [0.25, 0.3) is 0 Å². The van der Waals surface area contributed by atoms with E-state index < -0.39 is 30.4 Å². The van der Waals surface area contributed by atoms with Crippen LogP contribution in [0.5, 0.6) is 0 Å². The topological polar surface area (TPSA) is 142 Å². The van der Waals surface area contributed by atoms with Crippen molar-refractivity contribution >= 4 is 23.8 Å². The van der Waals surface area contributed by atoms with Gasteiger partial charge in [0.15, 0.2) is 0 Å². The molecule has 0 aliphatic carbocycles. The van der Waals surface area contributed by atoms with Crippen molar-refractivity contribution < 1.29 is 24.3 Å². The zero-order valence-electron chi connectivity index (χ0n) is 11.6. The highest BCUT2D eigenvalue weighted by Gasteiger charge is 2.22. The fraction of sp³-hybridized carbons (Fsp3) is 0.667. The Bertz CT molecular complexity index is 420. The summed E-state index contributed by atoms with van der Waals surface area (Å²) in [6.45, 7) is 1.58. The Balaban J connectivity index is 2.27. The van der Waals surface area contributed by atoms with Crippen molar-refractivity contribution in [2.24, 2.45) is 5.73 Å². The van der Waals surface area contributed by atoms with Crippen LogP contribution in [0.15, 0.2) is 0 Å². The van der Waals surface area contributed by atoms with E-state index in [2.05, 4.69) is 10.6 Å². The Morgan fingerprint density at radius 3 is 2.33 bits per heavy atom. The van der Waals surface area contributed by atoms with Crippen LogP contribution in [0.2, 0.25) is 0 Å². The van der Waals surface area contributed by atoms with E-state index >= 15 is 0 Å². The van der Waals surface area contributed by atoms with Gasteiger partial charge in [-0.15, -0.1) is 0 Å². The first-order valence-corrected chi connectivity index (χ1v) is 6.73. The molecule has 1 heterocycles. The molecule has 0 aromatic heterocycles. The van der Waals surface area contributed by atoms with Gasteiger partial charge in [-0.1, -0.05) is 0 Å². The van der Waals surface area contributed by atoms with Crippen molar-refractivity contribution in [3.63, 3.8) is 0 Å². The van der Waals surface area contributed by atoms with Crippen molar-refractivity contribution in [2.45, 2.75) is 31.7 Å². The molecule has 1 saturated heterocycles. The van der Waals surface area contributed by atoms with Gasteiger partial charge >= 0.3 is 12.0 Å². The van der Waals surface area contributed by atoms with Gasteiger partial charge in [0.05, 0.1) is 6.42 Å². The number of nitrogens with two attached hydrogens (primary N) is 1. The minimum Gasteiger partial charge on any atom is -0.480 e. The highest BCUT2D eigenvalue weighted by Crippen LogP contribution is 2.08. The highest BCUT2D eigenvalue weighted by atomic mass is 16.4. The molecule has 1 fully saturated rings. The molecule has 1 unspecified atom stereocenters. The number of carbonyl (C=O) groups excluding carboxylic acids is 3. The van der Waals surface area contributed by atoms with Gasteiger partial charge < -0.3 is 26.4 Å². The van der Waals surface area contributed by atoms with E-state index in [0.29, 0.717) is 0 Å². The summed E-state index contributed by atoms with van der Waals surface area (Å²) in [4.78, 5) is 46.4. The second-order valence-corrected chi connectivity index (χ2v) is 4.80. The molecule has 0 aromatic rings. The molecule has 118 valence electrons. The highest BCUT2D eigenvalue weighted by molar-refractivity contribution is 5.87. The van der Waals surface area contributed by atoms with Crippen LogP contribution in [-0.2, 0) is 14.4 Å². The van der Waals surface area contributed by atoms with Crippen molar-refractivity contribution in [1.29, 1.82) is 0 Å². The molecule has 9 nitrogen and oxygen atoms in total. The van der Waals surface area contributed by atoms with E-state index in [4.69, 9.17) is 10.8 Å². The minimum absolute atomic E-state index is 0.0419. The number of hydrogen-bond donors (Lipinski definition) is 4. The number of hydrogen-bond acceptors (Lipinski definition) is 4. The molecule has 4 amide bonds. The lowest BCUT2D eigenvalue weighted by molar-refractivity contribution is -0.140. The summed E-state index contributed by atoms with van der Waals surface area (Å²) in [5, 5.41) is 13.3. The van der Waals surface area contributed by atoms with E-state index in [1.807, 2.05) is 0 Å². The number of carboxylic acid groups (broad SMARTS) is 1. The molecule has 0 saturated carbocycles. The normalized spacial score (nSPS) is 15.3. The van der Waals surface area contributed by atoms with Crippen LogP contribution in [0.25, 0.3) is 0 Å². The van der Waals surface area contributed by atoms with Gasteiger partial charge in [-0.3, -0.25) is 9.59 Å². The van der Waals surface area contributed by atoms with E-state index in [1.165, 1.54) is 0 Å². The first-order valence-electron chi connectivity index (χ1n) is 6.73. The maximum Gasteiger partial charge on any atom is 0.326 e. The molecule has 0 radical (unpaired) electrons. The van der Waals surface area contributed by atoms with Crippen molar-refractivity contribution in [1.82, 2.24) is 15.5 Å². The zero-order valence-corrected chi connectivity index (χ0v) is 11.6. The van der Waals surface area contributed by atoms with Gasteiger partial charge in [-0.25, -0.2) is 9.59 Å². The molecule has 0 aromatic carbocycles. The monoisotopic (exact) mass is 300 g/mol. The quantitative estimate of drug-likeness (QED) is 0.459. The molecule has 0 bridgehead atoms. The molecular formula is C12H20N4O5. The predicted octanol–water partition coefficient (Wildman–Crippen LogP) is -1.37. The van der Waals surface area contributed by atoms with Crippen LogP contribution in [0.3, 0.4) is 0 Å². The van der Waals surface area contributed by atoms with E-state index in [9.17, 15) is 19.2 Å². The van der Waals surface area contributed by atoms with Crippen LogP contribution >= 0.6 is 0 Å². The van der Waals surface area contributed by atoms with Gasteiger partial charge in [0.1, 0.15) is 6.04 Å². The van der Waals surface area contributed by atoms with Gasteiger partial charge in [0, 0.05) is 26.1 Å².